The Morgan fingerprint density at radius 2 is 1.61 bits per heavy atom. The van der Waals surface area contributed by atoms with Crippen LogP contribution in [0.3, 0.4) is 0 Å². The lowest BCUT2D eigenvalue weighted by Crippen LogP contribution is -2.58. The number of ether oxygens (including phenoxy) is 1. The highest BCUT2D eigenvalue weighted by Crippen LogP contribution is 2.32. The molecule has 0 saturated carbocycles. The van der Waals surface area contributed by atoms with Gasteiger partial charge in [0.2, 0.25) is 0 Å². The van der Waals surface area contributed by atoms with Crippen LogP contribution in [0.5, 0.6) is 0 Å². The summed E-state index contributed by atoms with van der Waals surface area (Å²) in [6.45, 7) is 13.6. The molecule has 2 unspecified atom stereocenters. The van der Waals surface area contributed by atoms with Crippen molar-refractivity contribution in [2.75, 3.05) is 26.8 Å². The minimum atomic E-state index is -0.289. The van der Waals surface area contributed by atoms with Crippen molar-refractivity contribution < 1.29 is 9.84 Å². The van der Waals surface area contributed by atoms with E-state index in [0.29, 0.717) is 0 Å². The van der Waals surface area contributed by atoms with E-state index in [1.807, 2.05) is 0 Å². The summed E-state index contributed by atoms with van der Waals surface area (Å²) in [5, 5.41) is 10.8. The van der Waals surface area contributed by atoms with Crippen LogP contribution in [-0.4, -0.2) is 48.5 Å². The monoisotopic (exact) mass is 259 g/mol. The van der Waals surface area contributed by atoms with Gasteiger partial charge in [-0.25, -0.2) is 0 Å². The van der Waals surface area contributed by atoms with Crippen LogP contribution in [0.4, 0.5) is 0 Å². The van der Waals surface area contributed by atoms with E-state index in [1.165, 1.54) is 0 Å². The molecule has 3 nitrogen and oxygen atoms in total. The van der Waals surface area contributed by atoms with Gasteiger partial charge in [-0.3, -0.25) is 4.90 Å². The van der Waals surface area contributed by atoms with Crippen molar-refractivity contribution >= 4 is 0 Å². The summed E-state index contributed by atoms with van der Waals surface area (Å²) < 4.78 is 5.13. The lowest BCUT2D eigenvalue weighted by molar-refractivity contribution is -0.0652. The average molecular weight is 259 g/mol. The number of likely N-dealkylation sites (N-methyl/N-ethyl adjacent to an activating group) is 1. The summed E-state index contributed by atoms with van der Waals surface area (Å²) in [7, 11) is 1.72. The lowest BCUT2D eigenvalue weighted by atomic mass is 9.78. The fourth-order valence-corrected chi connectivity index (χ4v) is 3.15. The minimum Gasteiger partial charge on any atom is -0.391 e. The molecule has 0 fully saturated rings. The van der Waals surface area contributed by atoms with Crippen LogP contribution in [0.1, 0.15) is 53.9 Å². The van der Waals surface area contributed by atoms with Crippen LogP contribution >= 0.6 is 0 Å². The molecule has 0 amide bonds. The van der Waals surface area contributed by atoms with E-state index in [0.717, 1.165) is 39.0 Å². The molecule has 0 spiro atoms. The van der Waals surface area contributed by atoms with E-state index in [9.17, 15) is 5.11 Å². The number of hydrogen-bond donors (Lipinski definition) is 1. The van der Waals surface area contributed by atoms with Gasteiger partial charge in [0, 0.05) is 19.3 Å². The van der Waals surface area contributed by atoms with Gasteiger partial charge in [0.25, 0.3) is 0 Å². The topological polar surface area (TPSA) is 32.7 Å². The fourth-order valence-electron chi connectivity index (χ4n) is 3.15. The summed E-state index contributed by atoms with van der Waals surface area (Å²) >= 11 is 0. The maximum absolute atomic E-state index is 10.8. The molecule has 0 aromatic carbocycles. The predicted molar refractivity (Wildman–Crippen MR) is 77.9 cm³/mol. The summed E-state index contributed by atoms with van der Waals surface area (Å²) in [5.74, 6) is 0.269. The van der Waals surface area contributed by atoms with Gasteiger partial charge in [0.15, 0.2) is 0 Å². The summed E-state index contributed by atoms with van der Waals surface area (Å²) in [4.78, 5) is 2.42. The number of rotatable bonds is 10. The van der Waals surface area contributed by atoms with Gasteiger partial charge in [-0.15, -0.1) is 0 Å². The van der Waals surface area contributed by atoms with E-state index in [1.54, 1.807) is 7.11 Å². The van der Waals surface area contributed by atoms with E-state index in [-0.39, 0.29) is 17.6 Å². The summed E-state index contributed by atoms with van der Waals surface area (Å²) in [5.41, 5.74) is -0.0866. The Morgan fingerprint density at radius 1 is 1.11 bits per heavy atom. The van der Waals surface area contributed by atoms with Crippen molar-refractivity contribution in [2.45, 2.75) is 65.5 Å². The standard InChI is InChI=1S/C15H33NO2/c1-7-15(8-2,16(9-3)10-4)14(17)13(5)11-12-18-6/h13-14,17H,7-12H2,1-6H3. The molecular weight excluding hydrogens is 226 g/mol. The van der Waals surface area contributed by atoms with E-state index >= 15 is 0 Å². The molecule has 0 aromatic heterocycles. The first kappa shape index (κ1) is 17.9. The molecule has 0 bridgehead atoms. The molecule has 0 heterocycles. The van der Waals surface area contributed by atoms with Crippen molar-refractivity contribution in [1.82, 2.24) is 4.90 Å². The molecule has 3 heteroatoms. The van der Waals surface area contributed by atoms with Crippen LogP contribution in [0.2, 0.25) is 0 Å². The second kappa shape index (κ2) is 8.89. The molecular formula is C15H33NO2. The third-order valence-corrected chi connectivity index (χ3v) is 4.48. The van der Waals surface area contributed by atoms with Gasteiger partial charge in [-0.05, 0) is 38.3 Å². The second-order valence-electron chi connectivity index (χ2n) is 5.19. The molecule has 110 valence electrons. The number of aliphatic hydroxyl groups is 1. The molecule has 0 radical (unpaired) electrons. The first-order chi connectivity index (χ1) is 8.53. The third kappa shape index (κ3) is 3.94. The number of nitrogens with zero attached hydrogens (tertiary/aromatic N) is 1. The van der Waals surface area contributed by atoms with Gasteiger partial charge in [0.05, 0.1) is 6.10 Å². The largest absolute Gasteiger partial charge is 0.391 e. The molecule has 0 aliphatic carbocycles. The van der Waals surface area contributed by atoms with Gasteiger partial charge in [-0.2, -0.15) is 0 Å². The number of methoxy groups -OCH3 is 1. The highest BCUT2D eigenvalue weighted by molar-refractivity contribution is 4.96. The second-order valence-corrected chi connectivity index (χ2v) is 5.19. The molecule has 0 rings (SSSR count). The van der Waals surface area contributed by atoms with Crippen molar-refractivity contribution in [3.8, 4) is 0 Å². The van der Waals surface area contributed by atoms with Gasteiger partial charge >= 0.3 is 0 Å². The minimum absolute atomic E-state index is 0.0866. The Labute approximate surface area is 114 Å². The van der Waals surface area contributed by atoms with Crippen LogP contribution < -0.4 is 0 Å². The smallest absolute Gasteiger partial charge is 0.0749 e. The number of aliphatic hydroxyl groups excluding tert-OH is 1. The highest BCUT2D eigenvalue weighted by atomic mass is 16.5. The van der Waals surface area contributed by atoms with Crippen molar-refractivity contribution in [3.05, 3.63) is 0 Å². The van der Waals surface area contributed by atoms with E-state index in [4.69, 9.17) is 4.74 Å². The Hall–Kier alpha value is -0.120. The van der Waals surface area contributed by atoms with Crippen molar-refractivity contribution in [3.63, 3.8) is 0 Å². The Balaban J connectivity index is 4.95. The Bertz CT molecular complexity index is 201. The van der Waals surface area contributed by atoms with Gasteiger partial charge in [0.1, 0.15) is 0 Å². The third-order valence-electron chi connectivity index (χ3n) is 4.48. The molecule has 0 aliphatic heterocycles. The van der Waals surface area contributed by atoms with Gasteiger partial charge in [-0.1, -0.05) is 34.6 Å². The zero-order valence-corrected chi connectivity index (χ0v) is 13.2. The predicted octanol–water partition coefficient (Wildman–Crippen LogP) is 2.92. The first-order valence-electron chi connectivity index (χ1n) is 7.45. The summed E-state index contributed by atoms with van der Waals surface area (Å²) in [6.07, 6.45) is 2.61. The maximum atomic E-state index is 10.8. The number of hydrogen-bond acceptors (Lipinski definition) is 3. The highest BCUT2D eigenvalue weighted by Gasteiger charge is 2.41. The van der Waals surface area contributed by atoms with E-state index in [2.05, 4.69) is 39.5 Å². The van der Waals surface area contributed by atoms with E-state index < -0.39 is 0 Å². The van der Waals surface area contributed by atoms with Gasteiger partial charge < -0.3 is 9.84 Å². The lowest BCUT2D eigenvalue weighted by Gasteiger charge is -2.47. The van der Waals surface area contributed by atoms with Crippen LogP contribution in [0.15, 0.2) is 0 Å². The Kier molecular flexibility index (Phi) is 8.83. The molecule has 0 aromatic rings. The quantitative estimate of drug-likeness (QED) is 0.655. The van der Waals surface area contributed by atoms with Crippen LogP contribution in [-0.2, 0) is 4.74 Å². The Morgan fingerprint density at radius 3 is 1.94 bits per heavy atom. The summed E-state index contributed by atoms with van der Waals surface area (Å²) in [6, 6.07) is 0. The van der Waals surface area contributed by atoms with Crippen LogP contribution in [0, 0.1) is 5.92 Å². The fraction of sp³-hybridized carbons (Fsp3) is 1.00. The molecule has 2 atom stereocenters. The molecule has 0 aliphatic rings. The SMILES string of the molecule is CCN(CC)C(CC)(CC)C(O)C(C)CCOC. The van der Waals surface area contributed by atoms with Crippen molar-refractivity contribution in [1.29, 1.82) is 0 Å². The average Bonchev–Trinajstić information content (AvgIpc) is 2.41. The van der Waals surface area contributed by atoms with Crippen molar-refractivity contribution in [2.24, 2.45) is 5.92 Å². The maximum Gasteiger partial charge on any atom is 0.0749 e. The normalized spacial score (nSPS) is 16.0. The molecule has 18 heavy (non-hydrogen) atoms. The molecule has 1 N–H and O–H groups in total. The zero-order chi connectivity index (χ0) is 14.2. The molecule has 0 saturated heterocycles. The van der Waals surface area contributed by atoms with Crippen LogP contribution in [0.25, 0.3) is 0 Å². The first-order valence-corrected chi connectivity index (χ1v) is 7.45. The zero-order valence-electron chi connectivity index (χ0n) is 13.2.